The Morgan fingerprint density at radius 2 is 2.14 bits per heavy atom. The monoisotopic (exact) mass is 302 g/mol. The number of aryl methyl sites for hydroxylation is 2. The molecule has 2 unspecified atom stereocenters. The second-order valence-corrected chi connectivity index (χ2v) is 5.56. The maximum atomic E-state index is 12.2. The van der Waals surface area contributed by atoms with Gasteiger partial charge in [-0.3, -0.25) is 9.78 Å². The summed E-state index contributed by atoms with van der Waals surface area (Å²) < 4.78 is 10.7. The van der Waals surface area contributed by atoms with Gasteiger partial charge in [-0.15, -0.1) is 0 Å². The van der Waals surface area contributed by atoms with Gasteiger partial charge in [-0.1, -0.05) is 5.16 Å². The third-order valence-electron chi connectivity index (χ3n) is 3.67. The number of hydrogen-bond acceptors (Lipinski definition) is 6. The van der Waals surface area contributed by atoms with Crippen molar-refractivity contribution in [1.29, 1.82) is 0 Å². The van der Waals surface area contributed by atoms with Gasteiger partial charge in [0, 0.05) is 24.6 Å². The minimum Gasteiger partial charge on any atom is -0.379 e. The number of nitrogens with zero attached hydrogens (tertiary/aromatic N) is 3. The SMILES string of the molecule is Cc1cnc(C(=O)NC2COCC2Cc2cc(C)no2)cn1. The minimum absolute atomic E-state index is 0.0685. The summed E-state index contributed by atoms with van der Waals surface area (Å²) >= 11 is 0. The van der Waals surface area contributed by atoms with Crippen LogP contribution >= 0.6 is 0 Å². The van der Waals surface area contributed by atoms with Gasteiger partial charge in [0.1, 0.15) is 11.5 Å². The molecule has 7 heteroatoms. The lowest BCUT2D eigenvalue weighted by Gasteiger charge is -2.17. The van der Waals surface area contributed by atoms with Crippen LogP contribution in [-0.2, 0) is 11.2 Å². The number of hydrogen-bond donors (Lipinski definition) is 1. The molecule has 3 heterocycles. The van der Waals surface area contributed by atoms with E-state index in [1.807, 2.05) is 19.9 Å². The number of amides is 1. The molecule has 1 aliphatic heterocycles. The molecule has 0 aromatic carbocycles. The zero-order chi connectivity index (χ0) is 15.5. The summed E-state index contributed by atoms with van der Waals surface area (Å²) in [5, 5.41) is 6.84. The number of rotatable bonds is 4. The molecule has 2 atom stereocenters. The summed E-state index contributed by atoms with van der Waals surface area (Å²) in [6.45, 7) is 4.79. The molecular weight excluding hydrogens is 284 g/mol. The highest BCUT2D eigenvalue weighted by molar-refractivity contribution is 5.92. The molecule has 0 saturated carbocycles. The van der Waals surface area contributed by atoms with Crippen LogP contribution in [0.2, 0.25) is 0 Å². The van der Waals surface area contributed by atoms with E-state index < -0.39 is 0 Å². The first-order valence-corrected chi connectivity index (χ1v) is 7.21. The van der Waals surface area contributed by atoms with Crippen LogP contribution in [0.15, 0.2) is 23.0 Å². The van der Waals surface area contributed by atoms with Crippen LogP contribution in [0.3, 0.4) is 0 Å². The van der Waals surface area contributed by atoms with Gasteiger partial charge in [0.05, 0.1) is 36.8 Å². The van der Waals surface area contributed by atoms with Crippen molar-refractivity contribution in [3.05, 3.63) is 41.3 Å². The van der Waals surface area contributed by atoms with E-state index in [0.717, 1.165) is 17.1 Å². The van der Waals surface area contributed by atoms with Crippen molar-refractivity contribution in [2.24, 2.45) is 5.92 Å². The Morgan fingerprint density at radius 3 is 2.82 bits per heavy atom. The number of nitrogens with one attached hydrogen (secondary N) is 1. The van der Waals surface area contributed by atoms with Crippen LogP contribution in [0.1, 0.15) is 27.6 Å². The molecule has 2 aromatic heterocycles. The van der Waals surface area contributed by atoms with Crippen molar-refractivity contribution >= 4 is 5.91 Å². The van der Waals surface area contributed by atoms with Crippen molar-refractivity contribution in [1.82, 2.24) is 20.4 Å². The first-order chi connectivity index (χ1) is 10.6. The largest absolute Gasteiger partial charge is 0.379 e. The molecule has 0 radical (unpaired) electrons. The van der Waals surface area contributed by atoms with E-state index in [0.29, 0.717) is 25.3 Å². The Kier molecular flexibility index (Phi) is 4.15. The fourth-order valence-electron chi connectivity index (χ4n) is 2.48. The molecule has 1 N–H and O–H groups in total. The van der Waals surface area contributed by atoms with Gasteiger partial charge in [0.25, 0.3) is 5.91 Å². The molecular formula is C15H18N4O3. The number of aromatic nitrogens is 3. The normalized spacial score (nSPS) is 21.0. The van der Waals surface area contributed by atoms with Gasteiger partial charge >= 0.3 is 0 Å². The van der Waals surface area contributed by atoms with E-state index in [9.17, 15) is 4.79 Å². The van der Waals surface area contributed by atoms with Crippen LogP contribution in [-0.4, -0.2) is 40.3 Å². The highest BCUT2D eigenvalue weighted by Gasteiger charge is 2.31. The number of carbonyl (C=O) groups excluding carboxylic acids is 1. The first kappa shape index (κ1) is 14.6. The molecule has 0 bridgehead atoms. The van der Waals surface area contributed by atoms with Gasteiger partial charge in [0.2, 0.25) is 0 Å². The van der Waals surface area contributed by atoms with Gasteiger partial charge in [-0.05, 0) is 13.8 Å². The Labute approximate surface area is 128 Å². The Balaban J connectivity index is 1.63. The average molecular weight is 302 g/mol. The van der Waals surface area contributed by atoms with Crippen LogP contribution < -0.4 is 5.32 Å². The van der Waals surface area contributed by atoms with Crippen molar-refractivity contribution < 1.29 is 14.1 Å². The maximum Gasteiger partial charge on any atom is 0.271 e. The lowest BCUT2D eigenvalue weighted by Crippen LogP contribution is -2.41. The topological polar surface area (TPSA) is 90.1 Å². The highest BCUT2D eigenvalue weighted by Crippen LogP contribution is 2.20. The maximum absolute atomic E-state index is 12.2. The lowest BCUT2D eigenvalue weighted by molar-refractivity contribution is 0.0919. The zero-order valence-corrected chi connectivity index (χ0v) is 12.6. The molecule has 0 spiro atoms. The predicted octanol–water partition coefficient (Wildman–Crippen LogP) is 1.07. The molecule has 2 aromatic rings. The van der Waals surface area contributed by atoms with E-state index in [2.05, 4.69) is 20.4 Å². The smallest absolute Gasteiger partial charge is 0.271 e. The summed E-state index contributed by atoms with van der Waals surface area (Å²) in [4.78, 5) is 20.4. The summed E-state index contributed by atoms with van der Waals surface area (Å²) in [6, 6.07) is 1.84. The van der Waals surface area contributed by atoms with Gasteiger partial charge in [-0.25, -0.2) is 4.98 Å². The summed E-state index contributed by atoms with van der Waals surface area (Å²) in [5.74, 6) is 0.735. The Morgan fingerprint density at radius 1 is 1.27 bits per heavy atom. The predicted molar refractivity (Wildman–Crippen MR) is 77.3 cm³/mol. The summed E-state index contributed by atoms with van der Waals surface area (Å²) in [7, 11) is 0. The van der Waals surface area contributed by atoms with Crippen molar-refractivity contribution in [3.63, 3.8) is 0 Å². The number of ether oxygens (including phenoxy) is 1. The molecule has 1 aliphatic rings. The zero-order valence-electron chi connectivity index (χ0n) is 12.6. The lowest BCUT2D eigenvalue weighted by atomic mass is 9.98. The average Bonchev–Trinajstić information content (AvgIpc) is 3.10. The summed E-state index contributed by atoms with van der Waals surface area (Å²) in [6.07, 6.45) is 3.75. The van der Waals surface area contributed by atoms with E-state index >= 15 is 0 Å². The molecule has 0 aliphatic carbocycles. The van der Waals surface area contributed by atoms with Gasteiger partial charge in [0.15, 0.2) is 0 Å². The van der Waals surface area contributed by atoms with Crippen molar-refractivity contribution in [2.45, 2.75) is 26.3 Å². The van der Waals surface area contributed by atoms with Crippen molar-refractivity contribution in [2.75, 3.05) is 13.2 Å². The quantitative estimate of drug-likeness (QED) is 0.908. The van der Waals surface area contributed by atoms with Crippen molar-refractivity contribution in [3.8, 4) is 0 Å². The standard InChI is InChI=1S/C15H18N4O3/c1-9-3-12(22-19-9)4-11-7-21-8-14(11)18-15(20)13-6-16-10(2)5-17-13/h3,5-6,11,14H,4,7-8H2,1-2H3,(H,18,20). The van der Waals surface area contributed by atoms with E-state index in [1.165, 1.54) is 6.20 Å². The molecule has 3 rings (SSSR count). The van der Waals surface area contributed by atoms with Gasteiger partial charge < -0.3 is 14.6 Å². The Bertz CT molecular complexity index is 653. The molecule has 116 valence electrons. The molecule has 1 amide bonds. The molecule has 1 saturated heterocycles. The fraction of sp³-hybridized carbons (Fsp3) is 0.467. The second kappa shape index (κ2) is 6.23. The third kappa shape index (κ3) is 3.30. The third-order valence-corrected chi connectivity index (χ3v) is 3.67. The Hall–Kier alpha value is -2.28. The van der Waals surface area contributed by atoms with Crippen LogP contribution in [0, 0.1) is 19.8 Å². The van der Waals surface area contributed by atoms with E-state index in [1.54, 1.807) is 6.20 Å². The van der Waals surface area contributed by atoms with Gasteiger partial charge in [-0.2, -0.15) is 0 Å². The van der Waals surface area contributed by atoms with Crippen LogP contribution in [0.25, 0.3) is 0 Å². The second-order valence-electron chi connectivity index (χ2n) is 5.56. The summed E-state index contributed by atoms with van der Waals surface area (Å²) in [5.41, 5.74) is 1.94. The molecule has 1 fully saturated rings. The fourth-order valence-corrected chi connectivity index (χ4v) is 2.48. The van der Waals surface area contributed by atoms with E-state index in [4.69, 9.17) is 9.26 Å². The van der Waals surface area contributed by atoms with E-state index in [-0.39, 0.29) is 17.9 Å². The van der Waals surface area contributed by atoms with Crippen LogP contribution in [0.5, 0.6) is 0 Å². The highest BCUT2D eigenvalue weighted by atomic mass is 16.5. The number of carbonyl (C=O) groups is 1. The van der Waals surface area contributed by atoms with Crippen LogP contribution in [0.4, 0.5) is 0 Å². The first-order valence-electron chi connectivity index (χ1n) is 7.21. The minimum atomic E-state index is -0.234. The molecule has 7 nitrogen and oxygen atoms in total. The molecule has 22 heavy (non-hydrogen) atoms.